The summed E-state index contributed by atoms with van der Waals surface area (Å²) in [6.45, 7) is 5.63. The molecule has 5 nitrogen and oxygen atoms in total. The second kappa shape index (κ2) is 8.73. The molecule has 0 unspecified atom stereocenters. The molecule has 0 bridgehead atoms. The van der Waals surface area contributed by atoms with Crippen LogP contribution in [-0.2, 0) is 4.74 Å². The first-order chi connectivity index (χ1) is 15.3. The van der Waals surface area contributed by atoms with Gasteiger partial charge >= 0.3 is 5.97 Å². The van der Waals surface area contributed by atoms with E-state index in [9.17, 15) is 9.59 Å². The van der Waals surface area contributed by atoms with Crippen LogP contribution in [0.2, 0.25) is 5.02 Å². The van der Waals surface area contributed by atoms with Crippen LogP contribution >= 0.6 is 22.9 Å². The average molecular weight is 465 g/mol. The molecule has 0 fully saturated rings. The van der Waals surface area contributed by atoms with Crippen molar-refractivity contribution in [2.75, 3.05) is 12.4 Å². The number of amides is 1. The predicted octanol–water partition coefficient (Wildman–Crippen LogP) is 6.58. The van der Waals surface area contributed by atoms with Crippen LogP contribution in [-0.4, -0.2) is 24.0 Å². The molecule has 162 valence electrons. The van der Waals surface area contributed by atoms with Crippen LogP contribution in [0.1, 0.15) is 36.7 Å². The van der Waals surface area contributed by atoms with E-state index in [-0.39, 0.29) is 5.91 Å². The van der Waals surface area contributed by atoms with E-state index in [2.05, 4.69) is 5.32 Å². The fourth-order valence-electron chi connectivity index (χ4n) is 3.58. The number of hydrogen-bond acceptors (Lipinski definition) is 5. The molecule has 4 rings (SSSR count). The molecule has 0 aliphatic heterocycles. The van der Waals surface area contributed by atoms with E-state index in [4.69, 9.17) is 21.3 Å². The summed E-state index contributed by atoms with van der Waals surface area (Å²) < 4.78 is 4.93. The van der Waals surface area contributed by atoms with Crippen molar-refractivity contribution in [1.82, 2.24) is 4.98 Å². The van der Waals surface area contributed by atoms with Crippen molar-refractivity contribution in [3.05, 3.63) is 80.7 Å². The molecule has 2 aromatic carbocycles. The van der Waals surface area contributed by atoms with Gasteiger partial charge in [-0.15, -0.1) is 11.3 Å². The Kier molecular flexibility index (Phi) is 6.00. The van der Waals surface area contributed by atoms with E-state index in [0.29, 0.717) is 37.7 Å². The van der Waals surface area contributed by atoms with Crippen molar-refractivity contribution in [1.29, 1.82) is 0 Å². The van der Waals surface area contributed by atoms with E-state index in [1.54, 1.807) is 18.2 Å². The molecule has 7 heteroatoms. The summed E-state index contributed by atoms with van der Waals surface area (Å²) >= 11 is 7.70. The molecule has 0 saturated heterocycles. The van der Waals surface area contributed by atoms with Crippen LogP contribution in [0.25, 0.3) is 22.2 Å². The number of esters is 1. The van der Waals surface area contributed by atoms with Gasteiger partial charge in [-0.2, -0.15) is 0 Å². The fourth-order valence-corrected chi connectivity index (χ4v) is 4.78. The van der Waals surface area contributed by atoms with E-state index in [0.717, 1.165) is 21.6 Å². The number of halogens is 1. The zero-order valence-electron chi connectivity index (χ0n) is 18.1. The molecule has 0 aliphatic rings. The zero-order valence-corrected chi connectivity index (χ0v) is 19.6. The Morgan fingerprint density at radius 3 is 2.44 bits per heavy atom. The molecule has 2 heterocycles. The van der Waals surface area contributed by atoms with Gasteiger partial charge in [-0.25, -0.2) is 9.78 Å². The van der Waals surface area contributed by atoms with Crippen molar-refractivity contribution < 1.29 is 14.3 Å². The zero-order chi connectivity index (χ0) is 23.0. The third-order valence-electron chi connectivity index (χ3n) is 5.48. The minimum absolute atomic E-state index is 0.331. The number of pyridine rings is 1. The van der Waals surface area contributed by atoms with Crippen LogP contribution in [0.4, 0.5) is 5.00 Å². The van der Waals surface area contributed by atoms with Crippen molar-refractivity contribution >= 4 is 50.7 Å². The van der Waals surface area contributed by atoms with Crippen molar-refractivity contribution in [3.8, 4) is 11.3 Å². The number of rotatable bonds is 4. The van der Waals surface area contributed by atoms with Gasteiger partial charge in [0.25, 0.3) is 5.91 Å². The van der Waals surface area contributed by atoms with Gasteiger partial charge in [-0.05, 0) is 44.0 Å². The topological polar surface area (TPSA) is 68.3 Å². The molecule has 32 heavy (non-hydrogen) atoms. The van der Waals surface area contributed by atoms with Gasteiger partial charge in [0.1, 0.15) is 5.00 Å². The number of hydrogen-bond donors (Lipinski definition) is 1. The van der Waals surface area contributed by atoms with Crippen LogP contribution < -0.4 is 5.32 Å². The maximum absolute atomic E-state index is 13.5. The molecular formula is C25H21ClN2O3S. The molecule has 4 aromatic rings. The van der Waals surface area contributed by atoms with E-state index >= 15 is 0 Å². The highest BCUT2D eigenvalue weighted by atomic mass is 35.5. The average Bonchev–Trinajstić information content (AvgIpc) is 3.08. The molecule has 1 N–H and O–H groups in total. The minimum atomic E-state index is -0.477. The smallest absolute Gasteiger partial charge is 0.341 e. The van der Waals surface area contributed by atoms with E-state index in [1.807, 2.05) is 51.1 Å². The predicted molar refractivity (Wildman–Crippen MR) is 130 cm³/mol. The Labute approximate surface area is 195 Å². The van der Waals surface area contributed by atoms with E-state index in [1.165, 1.54) is 18.4 Å². The van der Waals surface area contributed by atoms with Crippen molar-refractivity contribution in [3.63, 3.8) is 0 Å². The number of thiophene rings is 1. The van der Waals surface area contributed by atoms with Crippen LogP contribution in [0.3, 0.4) is 0 Å². The summed E-state index contributed by atoms with van der Waals surface area (Å²) in [4.78, 5) is 31.5. The number of aromatic nitrogens is 1. The molecule has 0 atom stereocenters. The summed E-state index contributed by atoms with van der Waals surface area (Å²) in [5, 5.41) is 4.66. The largest absolute Gasteiger partial charge is 0.465 e. The second-order valence-electron chi connectivity index (χ2n) is 7.42. The third-order valence-corrected chi connectivity index (χ3v) is 7.02. The standard InChI is InChI=1S/C25H21ClN2O3S/c1-13-15(3)32-24(21(13)25(30)31-4)28-23(29)18-12-20(16-8-6-5-7-9-16)27-22-14(2)19(26)11-10-17(18)22/h5-12H,1-4H3,(H,28,29). The Hall–Kier alpha value is -3.22. The summed E-state index contributed by atoms with van der Waals surface area (Å²) in [5.41, 5.74) is 4.65. The first-order valence-corrected chi connectivity index (χ1v) is 11.2. The number of methoxy groups -OCH3 is 1. The number of benzene rings is 2. The minimum Gasteiger partial charge on any atom is -0.465 e. The van der Waals surface area contributed by atoms with Gasteiger partial charge in [-0.3, -0.25) is 4.79 Å². The lowest BCUT2D eigenvalue weighted by molar-refractivity contribution is 0.0601. The molecule has 0 spiro atoms. The number of carbonyl (C=O) groups is 2. The number of nitrogens with one attached hydrogen (secondary N) is 1. The summed E-state index contributed by atoms with van der Waals surface area (Å²) in [5.74, 6) is -0.808. The fraction of sp³-hybridized carbons (Fsp3) is 0.160. The number of carbonyl (C=O) groups excluding carboxylic acids is 2. The van der Waals surface area contributed by atoms with Crippen molar-refractivity contribution in [2.45, 2.75) is 20.8 Å². The Morgan fingerprint density at radius 1 is 1.03 bits per heavy atom. The quantitative estimate of drug-likeness (QED) is 0.346. The Morgan fingerprint density at radius 2 is 1.75 bits per heavy atom. The maximum atomic E-state index is 13.5. The lowest BCUT2D eigenvalue weighted by atomic mass is 10.0. The van der Waals surface area contributed by atoms with Gasteiger partial charge in [0.15, 0.2) is 0 Å². The molecular weight excluding hydrogens is 444 g/mol. The lowest BCUT2D eigenvalue weighted by Gasteiger charge is -2.13. The lowest BCUT2D eigenvalue weighted by Crippen LogP contribution is -2.15. The summed E-state index contributed by atoms with van der Waals surface area (Å²) in [7, 11) is 1.33. The highest BCUT2D eigenvalue weighted by Crippen LogP contribution is 2.35. The normalized spacial score (nSPS) is 10.9. The third kappa shape index (κ3) is 3.87. The first-order valence-electron chi connectivity index (χ1n) is 9.96. The van der Waals surface area contributed by atoms with Crippen molar-refractivity contribution in [2.24, 2.45) is 0 Å². The molecule has 0 aliphatic carbocycles. The van der Waals surface area contributed by atoms with Crippen LogP contribution in [0.15, 0.2) is 48.5 Å². The highest BCUT2D eigenvalue weighted by Gasteiger charge is 2.23. The number of anilines is 1. The highest BCUT2D eigenvalue weighted by molar-refractivity contribution is 7.16. The van der Waals surface area contributed by atoms with Gasteiger partial charge in [0.2, 0.25) is 0 Å². The first kappa shape index (κ1) is 22.0. The molecule has 0 saturated carbocycles. The Bertz CT molecular complexity index is 1360. The SMILES string of the molecule is COC(=O)c1c(NC(=O)c2cc(-c3ccccc3)nc3c(C)c(Cl)ccc23)sc(C)c1C. The number of nitrogens with zero attached hydrogens (tertiary/aromatic N) is 1. The van der Waals surface area contributed by atoms with Gasteiger partial charge in [0.05, 0.1) is 29.4 Å². The number of ether oxygens (including phenoxy) is 1. The van der Waals surface area contributed by atoms with Crippen LogP contribution in [0, 0.1) is 20.8 Å². The van der Waals surface area contributed by atoms with Gasteiger partial charge in [0, 0.05) is 20.8 Å². The monoisotopic (exact) mass is 464 g/mol. The summed E-state index contributed by atoms with van der Waals surface area (Å²) in [6, 6.07) is 15.0. The Balaban J connectivity index is 1.87. The molecule has 1 amide bonds. The van der Waals surface area contributed by atoms with Gasteiger partial charge in [-0.1, -0.05) is 48.0 Å². The van der Waals surface area contributed by atoms with Gasteiger partial charge < -0.3 is 10.1 Å². The molecule has 0 radical (unpaired) electrons. The van der Waals surface area contributed by atoms with E-state index < -0.39 is 5.97 Å². The second-order valence-corrected chi connectivity index (χ2v) is 9.05. The molecule has 2 aromatic heterocycles. The number of fused-ring (bicyclic) bond motifs is 1. The maximum Gasteiger partial charge on any atom is 0.341 e. The summed E-state index contributed by atoms with van der Waals surface area (Å²) in [6.07, 6.45) is 0. The number of aryl methyl sites for hydroxylation is 2. The van der Waals surface area contributed by atoms with Crippen LogP contribution in [0.5, 0.6) is 0 Å².